The average Bonchev–Trinajstić information content (AvgIpc) is 2.79. The Morgan fingerprint density at radius 3 is 3.18 bits per heavy atom. The lowest BCUT2D eigenvalue weighted by molar-refractivity contribution is 0.0677. The summed E-state index contributed by atoms with van der Waals surface area (Å²) in [6.07, 6.45) is 3.30. The van der Waals surface area contributed by atoms with Gasteiger partial charge in [0.2, 0.25) is 0 Å². The first-order chi connectivity index (χ1) is 8.13. The number of hydrogen-bond donors (Lipinski definition) is 1. The van der Waals surface area contributed by atoms with Crippen LogP contribution in [0.25, 0.3) is 0 Å². The quantitative estimate of drug-likeness (QED) is 0.849. The van der Waals surface area contributed by atoms with Crippen LogP contribution in [0.3, 0.4) is 0 Å². The molecule has 0 radical (unpaired) electrons. The van der Waals surface area contributed by atoms with Crippen LogP contribution in [-0.4, -0.2) is 40.1 Å². The number of pyridine rings is 1. The molecule has 1 aromatic heterocycles. The summed E-state index contributed by atoms with van der Waals surface area (Å²) < 4.78 is 0.713. The molecule has 0 aromatic carbocycles. The largest absolute Gasteiger partial charge is 0.394 e. The van der Waals surface area contributed by atoms with Crippen molar-refractivity contribution in [2.24, 2.45) is 0 Å². The van der Waals surface area contributed by atoms with Crippen LogP contribution in [0.4, 0.5) is 0 Å². The minimum absolute atomic E-state index is 0.00914. The molecule has 6 heteroatoms. The molecule has 1 atom stereocenters. The van der Waals surface area contributed by atoms with E-state index in [0.29, 0.717) is 16.6 Å². The molecule has 2 heterocycles. The van der Waals surface area contributed by atoms with E-state index < -0.39 is 0 Å². The van der Waals surface area contributed by atoms with E-state index in [-0.39, 0.29) is 23.7 Å². The Hall–Kier alpha value is -0.650. The highest BCUT2D eigenvalue weighted by atomic mass is 79.9. The number of rotatable bonds is 2. The van der Waals surface area contributed by atoms with Crippen LogP contribution in [0.2, 0.25) is 5.15 Å². The van der Waals surface area contributed by atoms with E-state index in [1.54, 1.807) is 17.2 Å². The lowest BCUT2D eigenvalue weighted by Gasteiger charge is -2.23. The van der Waals surface area contributed by atoms with E-state index in [9.17, 15) is 9.90 Å². The highest BCUT2D eigenvalue weighted by molar-refractivity contribution is 9.10. The summed E-state index contributed by atoms with van der Waals surface area (Å²) in [4.78, 5) is 17.9. The van der Waals surface area contributed by atoms with E-state index in [2.05, 4.69) is 20.9 Å². The fraction of sp³-hybridized carbons (Fsp3) is 0.455. The van der Waals surface area contributed by atoms with Crippen LogP contribution in [0, 0.1) is 0 Å². The van der Waals surface area contributed by atoms with Gasteiger partial charge in [-0.25, -0.2) is 4.98 Å². The van der Waals surface area contributed by atoms with Crippen molar-refractivity contribution >= 4 is 33.4 Å². The smallest absolute Gasteiger partial charge is 0.257 e. The number of nitrogens with zero attached hydrogens (tertiary/aromatic N) is 2. The van der Waals surface area contributed by atoms with E-state index in [1.165, 1.54) is 0 Å². The summed E-state index contributed by atoms with van der Waals surface area (Å²) in [6.45, 7) is 0.650. The summed E-state index contributed by atoms with van der Waals surface area (Å²) >= 11 is 9.18. The number of likely N-dealkylation sites (tertiary alicyclic amines) is 1. The topological polar surface area (TPSA) is 53.4 Å². The molecule has 1 saturated heterocycles. The van der Waals surface area contributed by atoms with Crippen LogP contribution in [0.1, 0.15) is 23.2 Å². The monoisotopic (exact) mass is 318 g/mol. The first-order valence-corrected chi connectivity index (χ1v) is 6.53. The van der Waals surface area contributed by atoms with Crippen molar-refractivity contribution in [3.63, 3.8) is 0 Å². The van der Waals surface area contributed by atoms with Crippen molar-refractivity contribution in [3.05, 3.63) is 27.5 Å². The summed E-state index contributed by atoms with van der Waals surface area (Å²) in [5.74, 6) is -0.166. The van der Waals surface area contributed by atoms with Gasteiger partial charge in [-0.2, -0.15) is 0 Å². The second-order valence-electron chi connectivity index (χ2n) is 3.97. The molecule has 17 heavy (non-hydrogen) atoms. The number of carbonyl (C=O) groups is 1. The van der Waals surface area contributed by atoms with Crippen molar-refractivity contribution in [3.8, 4) is 0 Å². The first-order valence-electron chi connectivity index (χ1n) is 5.36. The van der Waals surface area contributed by atoms with Gasteiger partial charge < -0.3 is 10.0 Å². The van der Waals surface area contributed by atoms with Crippen LogP contribution in [0.5, 0.6) is 0 Å². The summed E-state index contributed by atoms with van der Waals surface area (Å²) in [5, 5.41) is 9.40. The maximum absolute atomic E-state index is 12.3. The highest BCUT2D eigenvalue weighted by Crippen LogP contribution is 2.24. The first kappa shape index (κ1) is 12.8. The Morgan fingerprint density at radius 1 is 1.71 bits per heavy atom. The lowest BCUT2D eigenvalue weighted by Crippen LogP contribution is -2.37. The summed E-state index contributed by atoms with van der Waals surface area (Å²) in [7, 11) is 0. The van der Waals surface area contributed by atoms with Gasteiger partial charge in [0.25, 0.3) is 5.91 Å². The Kier molecular flexibility index (Phi) is 4.01. The minimum Gasteiger partial charge on any atom is -0.394 e. The third-order valence-electron chi connectivity index (χ3n) is 2.88. The molecule has 2 rings (SSSR count). The van der Waals surface area contributed by atoms with Gasteiger partial charge in [-0.05, 0) is 34.8 Å². The third-order valence-corrected chi connectivity index (χ3v) is 3.62. The Balaban J connectivity index is 2.27. The molecule has 1 aromatic rings. The molecule has 1 unspecified atom stereocenters. The molecule has 0 saturated carbocycles. The maximum atomic E-state index is 12.3. The second-order valence-corrected chi connectivity index (χ2v) is 5.24. The molecule has 1 aliphatic rings. The fourth-order valence-electron chi connectivity index (χ4n) is 2.02. The average molecular weight is 320 g/mol. The van der Waals surface area contributed by atoms with Crippen molar-refractivity contribution in [1.82, 2.24) is 9.88 Å². The Morgan fingerprint density at radius 2 is 2.47 bits per heavy atom. The number of hydrogen-bond acceptors (Lipinski definition) is 3. The van der Waals surface area contributed by atoms with Crippen LogP contribution >= 0.6 is 27.5 Å². The zero-order chi connectivity index (χ0) is 12.4. The maximum Gasteiger partial charge on any atom is 0.257 e. The molecule has 1 aliphatic heterocycles. The number of aromatic nitrogens is 1. The molecule has 0 bridgehead atoms. The Labute approximate surface area is 113 Å². The molecule has 0 spiro atoms. The molecule has 1 N–H and O–H groups in total. The second kappa shape index (κ2) is 5.33. The van der Waals surface area contributed by atoms with Gasteiger partial charge in [0.05, 0.1) is 18.2 Å². The number of carbonyl (C=O) groups excluding carboxylic acids is 1. The van der Waals surface area contributed by atoms with Gasteiger partial charge >= 0.3 is 0 Å². The predicted molar refractivity (Wildman–Crippen MR) is 68.1 cm³/mol. The standard InChI is InChI=1S/C11H12BrClN2O2/c12-7-4-9(10(13)14-5-7)11(17)15-3-1-2-8(15)6-16/h4-5,8,16H,1-3,6H2. The van der Waals surface area contributed by atoms with Crippen molar-refractivity contribution in [1.29, 1.82) is 0 Å². The normalized spacial score (nSPS) is 19.7. The fourth-order valence-corrected chi connectivity index (χ4v) is 2.54. The van der Waals surface area contributed by atoms with Gasteiger partial charge in [0.15, 0.2) is 0 Å². The minimum atomic E-state index is -0.166. The predicted octanol–water partition coefficient (Wildman–Crippen LogP) is 2.09. The summed E-state index contributed by atoms with van der Waals surface area (Å²) in [5.41, 5.74) is 0.376. The van der Waals surface area contributed by atoms with E-state index in [1.807, 2.05) is 0 Å². The SMILES string of the molecule is O=C(c1cc(Br)cnc1Cl)N1CCCC1CO. The molecule has 0 aliphatic carbocycles. The number of amides is 1. The molecular weight excluding hydrogens is 307 g/mol. The molecule has 4 nitrogen and oxygen atoms in total. The number of aliphatic hydroxyl groups is 1. The van der Waals surface area contributed by atoms with Gasteiger partial charge in [-0.1, -0.05) is 11.6 Å². The summed E-state index contributed by atoms with van der Waals surface area (Å²) in [6, 6.07) is 1.56. The zero-order valence-electron chi connectivity index (χ0n) is 9.07. The van der Waals surface area contributed by atoms with Crippen LogP contribution < -0.4 is 0 Å². The van der Waals surface area contributed by atoms with Gasteiger partial charge in [0.1, 0.15) is 5.15 Å². The van der Waals surface area contributed by atoms with Gasteiger partial charge in [0, 0.05) is 17.2 Å². The Bertz CT molecular complexity index is 441. The van der Waals surface area contributed by atoms with Crippen molar-refractivity contribution in [2.75, 3.05) is 13.2 Å². The van der Waals surface area contributed by atoms with Crippen LogP contribution in [0.15, 0.2) is 16.7 Å². The van der Waals surface area contributed by atoms with Gasteiger partial charge in [-0.15, -0.1) is 0 Å². The molecule has 92 valence electrons. The van der Waals surface area contributed by atoms with E-state index in [0.717, 1.165) is 12.8 Å². The van der Waals surface area contributed by atoms with Crippen LogP contribution in [-0.2, 0) is 0 Å². The lowest BCUT2D eigenvalue weighted by atomic mass is 10.2. The third kappa shape index (κ3) is 2.61. The van der Waals surface area contributed by atoms with E-state index in [4.69, 9.17) is 11.6 Å². The van der Waals surface area contributed by atoms with Gasteiger partial charge in [-0.3, -0.25) is 4.79 Å². The van der Waals surface area contributed by atoms with Crippen molar-refractivity contribution in [2.45, 2.75) is 18.9 Å². The highest BCUT2D eigenvalue weighted by Gasteiger charge is 2.30. The number of halogens is 2. The number of aliphatic hydroxyl groups excluding tert-OH is 1. The van der Waals surface area contributed by atoms with E-state index >= 15 is 0 Å². The molecule has 1 fully saturated rings. The zero-order valence-corrected chi connectivity index (χ0v) is 11.4. The van der Waals surface area contributed by atoms with Crippen molar-refractivity contribution < 1.29 is 9.90 Å². The molecule has 1 amide bonds. The molecular formula is C11H12BrClN2O2.